The molecule has 0 saturated heterocycles. The fourth-order valence-electron chi connectivity index (χ4n) is 3.42. The number of benzene rings is 1. The van der Waals surface area contributed by atoms with E-state index in [1.54, 1.807) is 35.8 Å². The van der Waals surface area contributed by atoms with Crippen LogP contribution in [-0.2, 0) is 24.3 Å². The van der Waals surface area contributed by atoms with E-state index < -0.39 is 23.7 Å². The number of fused-ring (bicyclic) bond motifs is 1. The van der Waals surface area contributed by atoms with Crippen molar-refractivity contribution >= 4 is 11.6 Å². The van der Waals surface area contributed by atoms with E-state index in [4.69, 9.17) is 4.52 Å². The molecule has 1 aliphatic rings. The van der Waals surface area contributed by atoms with Gasteiger partial charge in [-0.05, 0) is 31.4 Å². The van der Waals surface area contributed by atoms with Gasteiger partial charge in [-0.3, -0.25) is 18.7 Å². The summed E-state index contributed by atoms with van der Waals surface area (Å²) in [6.07, 6.45) is 2.26. The minimum atomic E-state index is -0.581. The number of carbonyl (C=O) groups is 1. The molecule has 0 unspecified atom stereocenters. The number of amides is 1. The molecule has 1 amide bonds. The summed E-state index contributed by atoms with van der Waals surface area (Å²) in [6.45, 7) is 1.72. The largest absolute Gasteiger partial charge is 0.339 e. The first kappa shape index (κ1) is 17.9. The van der Waals surface area contributed by atoms with E-state index in [0.717, 1.165) is 17.4 Å². The third-order valence-electron chi connectivity index (χ3n) is 4.69. The third-order valence-corrected chi connectivity index (χ3v) is 4.69. The van der Waals surface area contributed by atoms with Crippen LogP contribution in [0, 0.1) is 6.92 Å². The van der Waals surface area contributed by atoms with Crippen molar-refractivity contribution in [3.8, 4) is 11.4 Å². The van der Waals surface area contributed by atoms with E-state index in [1.807, 2.05) is 6.07 Å². The SMILES string of the molecule is Cc1nc(-c2c3n(c(=O)n(CC(=O)Nc4ccccc4)c2=O)CCCC3)no1. The van der Waals surface area contributed by atoms with Crippen LogP contribution in [0.2, 0.25) is 0 Å². The zero-order valence-corrected chi connectivity index (χ0v) is 15.3. The Labute approximate surface area is 159 Å². The molecule has 1 aromatic carbocycles. The molecule has 0 saturated carbocycles. The lowest BCUT2D eigenvalue weighted by molar-refractivity contribution is -0.116. The summed E-state index contributed by atoms with van der Waals surface area (Å²) in [5.74, 6) is 0.00546. The molecule has 0 bridgehead atoms. The van der Waals surface area contributed by atoms with Gasteiger partial charge in [-0.1, -0.05) is 23.4 Å². The van der Waals surface area contributed by atoms with Crippen LogP contribution >= 0.6 is 0 Å². The van der Waals surface area contributed by atoms with Crippen molar-refractivity contribution in [2.45, 2.75) is 39.3 Å². The molecule has 28 heavy (non-hydrogen) atoms. The van der Waals surface area contributed by atoms with Gasteiger partial charge in [0.1, 0.15) is 12.1 Å². The lowest BCUT2D eigenvalue weighted by atomic mass is 10.0. The Morgan fingerprint density at radius 1 is 1.21 bits per heavy atom. The fourth-order valence-corrected chi connectivity index (χ4v) is 3.42. The number of nitrogens with zero attached hydrogens (tertiary/aromatic N) is 4. The van der Waals surface area contributed by atoms with Gasteiger partial charge < -0.3 is 9.84 Å². The fraction of sp³-hybridized carbons (Fsp3) is 0.316. The Hall–Kier alpha value is -3.49. The normalized spacial score (nSPS) is 13.2. The van der Waals surface area contributed by atoms with Gasteiger partial charge in [-0.2, -0.15) is 4.98 Å². The Kier molecular flexibility index (Phi) is 4.64. The van der Waals surface area contributed by atoms with Gasteiger partial charge in [-0.25, -0.2) is 4.79 Å². The first-order valence-electron chi connectivity index (χ1n) is 9.06. The van der Waals surface area contributed by atoms with Gasteiger partial charge in [-0.15, -0.1) is 0 Å². The number of rotatable bonds is 4. The van der Waals surface area contributed by atoms with Gasteiger partial charge in [0, 0.05) is 24.8 Å². The molecule has 0 spiro atoms. The number of hydrogen-bond acceptors (Lipinski definition) is 6. The molecule has 0 aliphatic carbocycles. The molecule has 0 fully saturated rings. The Balaban J connectivity index is 1.78. The quantitative estimate of drug-likeness (QED) is 0.730. The van der Waals surface area contributed by atoms with E-state index in [1.165, 1.54) is 0 Å². The molecule has 0 atom stereocenters. The number of aryl methyl sites for hydroxylation is 1. The molecule has 0 radical (unpaired) electrons. The number of nitrogens with one attached hydrogen (secondary N) is 1. The Morgan fingerprint density at radius 3 is 2.71 bits per heavy atom. The van der Waals surface area contributed by atoms with Gasteiger partial charge >= 0.3 is 5.69 Å². The van der Waals surface area contributed by atoms with Crippen LogP contribution in [0.4, 0.5) is 5.69 Å². The van der Waals surface area contributed by atoms with Crippen LogP contribution in [0.3, 0.4) is 0 Å². The van der Waals surface area contributed by atoms with Gasteiger partial charge in [0.25, 0.3) is 5.56 Å². The molecule has 9 heteroatoms. The second-order valence-corrected chi connectivity index (χ2v) is 6.66. The monoisotopic (exact) mass is 381 g/mol. The lowest BCUT2D eigenvalue weighted by Crippen LogP contribution is -2.45. The molecule has 144 valence electrons. The molecule has 3 aromatic rings. The number of para-hydroxylation sites is 1. The second kappa shape index (κ2) is 7.26. The van der Waals surface area contributed by atoms with Crippen LogP contribution in [0.1, 0.15) is 24.4 Å². The molecule has 1 aliphatic heterocycles. The van der Waals surface area contributed by atoms with Crippen molar-refractivity contribution < 1.29 is 9.32 Å². The average Bonchev–Trinajstić information content (AvgIpc) is 3.12. The highest BCUT2D eigenvalue weighted by molar-refractivity contribution is 5.90. The number of carbonyl (C=O) groups excluding carboxylic acids is 1. The summed E-state index contributed by atoms with van der Waals surface area (Å²) in [6, 6.07) is 8.86. The molecule has 9 nitrogen and oxygen atoms in total. The maximum Gasteiger partial charge on any atom is 0.331 e. The molecular formula is C19H19N5O4. The summed E-state index contributed by atoms with van der Waals surface area (Å²) in [7, 11) is 0. The second-order valence-electron chi connectivity index (χ2n) is 6.66. The van der Waals surface area contributed by atoms with Crippen molar-refractivity contribution in [1.82, 2.24) is 19.3 Å². The van der Waals surface area contributed by atoms with Gasteiger partial charge in [0.15, 0.2) is 0 Å². The van der Waals surface area contributed by atoms with E-state index in [-0.39, 0.29) is 11.4 Å². The third kappa shape index (κ3) is 3.26. The molecule has 1 N–H and O–H groups in total. The molecule has 2 aromatic heterocycles. The van der Waals surface area contributed by atoms with Gasteiger partial charge in [0.2, 0.25) is 17.6 Å². The van der Waals surface area contributed by atoms with Crippen LogP contribution in [0.5, 0.6) is 0 Å². The highest BCUT2D eigenvalue weighted by Gasteiger charge is 2.26. The lowest BCUT2D eigenvalue weighted by Gasteiger charge is -2.21. The zero-order chi connectivity index (χ0) is 19.7. The van der Waals surface area contributed by atoms with Crippen molar-refractivity contribution in [3.63, 3.8) is 0 Å². The number of aromatic nitrogens is 4. The topological polar surface area (TPSA) is 112 Å². The first-order chi connectivity index (χ1) is 13.5. The average molecular weight is 381 g/mol. The molecule has 3 heterocycles. The van der Waals surface area contributed by atoms with Crippen LogP contribution in [-0.4, -0.2) is 25.2 Å². The van der Waals surface area contributed by atoms with Crippen LogP contribution in [0.25, 0.3) is 11.4 Å². The zero-order valence-electron chi connectivity index (χ0n) is 15.3. The maximum atomic E-state index is 13.1. The maximum absolute atomic E-state index is 13.1. The summed E-state index contributed by atoms with van der Waals surface area (Å²) < 4.78 is 7.50. The predicted octanol–water partition coefficient (Wildman–Crippen LogP) is 1.34. The molecular weight excluding hydrogens is 362 g/mol. The van der Waals surface area contributed by atoms with Crippen molar-refractivity contribution in [2.75, 3.05) is 5.32 Å². The highest BCUT2D eigenvalue weighted by atomic mass is 16.5. The number of anilines is 1. The van der Waals surface area contributed by atoms with Crippen molar-refractivity contribution in [2.24, 2.45) is 0 Å². The smallest absolute Gasteiger partial charge is 0.331 e. The number of hydrogen-bond donors (Lipinski definition) is 1. The highest BCUT2D eigenvalue weighted by Crippen LogP contribution is 2.21. The van der Waals surface area contributed by atoms with Crippen LogP contribution in [0.15, 0.2) is 44.4 Å². The minimum absolute atomic E-state index is 0.144. The summed E-state index contributed by atoms with van der Waals surface area (Å²) in [4.78, 5) is 42.6. The Morgan fingerprint density at radius 2 is 2.00 bits per heavy atom. The standard InChI is InChI=1S/C19H19N5O4/c1-12-20-17(22-28-12)16-14-9-5-6-10-23(14)19(27)24(18(16)26)11-15(25)21-13-7-3-2-4-8-13/h2-4,7-8H,5-6,9-11H2,1H3,(H,21,25). The van der Waals surface area contributed by atoms with Gasteiger partial charge in [0.05, 0.1) is 0 Å². The van der Waals surface area contributed by atoms with E-state index >= 15 is 0 Å². The predicted molar refractivity (Wildman–Crippen MR) is 101 cm³/mol. The van der Waals surface area contributed by atoms with Crippen molar-refractivity contribution in [1.29, 1.82) is 0 Å². The summed E-state index contributed by atoms with van der Waals surface area (Å²) in [5.41, 5.74) is 0.340. The first-order valence-corrected chi connectivity index (χ1v) is 9.06. The minimum Gasteiger partial charge on any atom is -0.339 e. The van der Waals surface area contributed by atoms with Crippen LogP contribution < -0.4 is 16.6 Å². The molecule has 4 rings (SSSR count). The van der Waals surface area contributed by atoms with E-state index in [2.05, 4.69) is 15.5 Å². The van der Waals surface area contributed by atoms with E-state index in [0.29, 0.717) is 30.2 Å². The summed E-state index contributed by atoms with van der Waals surface area (Å²) >= 11 is 0. The van der Waals surface area contributed by atoms with Crippen molar-refractivity contribution in [3.05, 3.63) is 62.8 Å². The summed E-state index contributed by atoms with van der Waals surface area (Å²) in [5, 5.41) is 6.55. The van der Waals surface area contributed by atoms with E-state index in [9.17, 15) is 14.4 Å². The Bertz CT molecular complexity index is 1140.